The summed E-state index contributed by atoms with van der Waals surface area (Å²) in [6, 6.07) is 5.27. The molecule has 0 heterocycles. The predicted molar refractivity (Wildman–Crippen MR) is 83.6 cm³/mol. The summed E-state index contributed by atoms with van der Waals surface area (Å²) < 4.78 is 40.2. The molecule has 0 aliphatic carbocycles. The van der Waals surface area contributed by atoms with Crippen molar-refractivity contribution in [1.29, 1.82) is 0 Å². The molecule has 0 unspecified atom stereocenters. The topological polar surface area (TPSA) is 87.7 Å². The molecule has 0 spiro atoms. The van der Waals surface area contributed by atoms with Crippen LogP contribution in [0.2, 0.25) is 0 Å². The zero-order valence-electron chi connectivity index (χ0n) is 13.3. The molecule has 1 aromatic carbocycles. The van der Waals surface area contributed by atoms with Crippen molar-refractivity contribution in [3.63, 3.8) is 0 Å². The number of nitrogens with one attached hydrogen (secondary N) is 2. The van der Waals surface area contributed by atoms with E-state index in [2.05, 4.69) is 10.1 Å². The molecule has 0 saturated carbocycles. The molecule has 0 saturated heterocycles. The highest BCUT2D eigenvalue weighted by atomic mass is 19.4. The number of ether oxygens (including phenoxy) is 1. The first-order chi connectivity index (χ1) is 11.8. The number of unbranched alkanes of at least 4 members (excludes halogenated alkanes) is 2. The third kappa shape index (κ3) is 10.0. The molecular formula is C16H19F3N2O4. The Kier molecular flexibility index (Phi) is 8.48. The summed E-state index contributed by atoms with van der Waals surface area (Å²) in [4.78, 5) is 22.4. The Balaban J connectivity index is 2.32. The van der Waals surface area contributed by atoms with Crippen LogP contribution in [0.3, 0.4) is 0 Å². The van der Waals surface area contributed by atoms with Crippen LogP contribution in [0, 0.1) is 0 Å². The van der Waals surface area contributed by atoms with E-state index in [4.69, 9.17) is 5.21 Å². The molecule has 1 rings (SSSR count). The Hall–Kier alpha value is -2.55. The van der Waals surface area contributed by atoms with E-state index in [-0.39, 0.29) is 18.1 Å². The Morgan fingerprint density at radius 3 is 2.64 bits per heavy atom. The van der Waals surface area contributed by atoms with Crippen LogP contribution in [0.4, 0.5) is 13.2 Å². The average Bonchev–Trinajstić information content (AvgIpc) is 2.54. The number of hydrogen-bond acceptors (Lipinski definition) is 4. The summed E-state index contributed by atoms with van der Waals surface area (Å²) in [6.07, 6.45) is -0.0140. The van der Waals surface area contributed by atoms with Crippen LogP contribution in [0.25, 0.3) is 6.08 Å². The zero-order valence-corrected chi connectivity index (χ0v) is 13.3. The molecule has 0 fully saturated rings. The molecule has 1 aromatic rings. The van der Waals surface area contributed by atoms with Crippen LogP contribution in [0.1, 0.15) is 31.2 Å². The van der Waals surface area contributed by atoms with Crippen molar-refractivity contribution in [2.75, 3.05) is 6.54 Å². The molecule has 3 N–H and O–H groups in total. The van der Waals surface area contributed by atoms with Gasteiger partial charge in [-0.25, -0.2) is 5.48 Å². The Bertz CT molecular complexity index is 603. The third-order valence-corrected chi connectivity index (χ3v) is 3.02. The summed E-state index contributed by atoms with van der Waals surface area (Å²) in [5.74, 6) is -1.19. The van der Waals surface area contributed by atoms with Gasteiger partial charge in [0.2, 0.25) is 11.8 Å². The van der Waals surface area contributed by atoms with Crippen LogP contribution < -0.4 is 15.5 Å². The van der Waals surface area contributed by atoms with Gasteiger partial charge in [0.1, 0.15) is 5.75 Å². The van der Waals surface area contributed by atoms with E-state index in [1.54, 1.807) is 6.07 Å². The van der Waals surface area contributed by atoms with E-state index in [1.165, 1.54) is 35.8 Å². The standard InChI is InChI=1S/C16H19F3N2O4/c17-16(18,19)25-13-6-4-5-12(11-13)8-9-14(22)20-10-3-1-2-7-15(23)21-24/h4-6,8-9,11,24H,1-3,7,10H2,(H,20,22)(H,21,23)/b9-8+. The first-order valence-electron chi connectivity index (χ1n) is 7.55. The van der Waals surface area contributed by atoms with Crippen molar-refractivity contribution >= 4 is 17.9 Å². The molecule has 0 aliphatic heterocycles. The maximum Gasteiger partial charge on any atom is 0.573 e. The largest absolute Gasteiger partial charge is 0.573 e. The second-order valence-corrected chi connectivity index (χ2v) is 5.09. The number of alkyl halides is 3. The molecule has 0 aliphatic rings. The Labute approximate surface area is 142 Å². The minimum Gasteiger partial charge on any atom is -0.406 e. The molecule has 0 aromatic heterocycles. The highest BCUT2D eigenvalue weighted by molar-refractivity contribution is 5.91. The third-order valence-electron chi connectivity index (χ3n) is 3.02. The lowest BCUT2D eigenvalue weighted by atomic mass is 10.2. The lowest BCUT2D eigenvalue weighted by Gasteiger charge is -2.08. The van der Waals surface area contributed by atoms with E-state index >= 15 is 0 Å². The molecule has 25 heavy (non-hydrogen) atoms. The van der Waals surface area contributed by atoms with Crippen LogP contribution >= 0.6 is 0 Å². The summed E-state index contributed by atoms with van der Waals surface area (Å²) in [5, 5.41) is 10.9. The average molecular weight is 360 g/mol. The zero-order chi connectivity index (χ0) is 18.7. The van der Waals surface area contributed by atoms with Gasteiger partial charge >= 0.3 is 6.36 Å². The van der Waals surface area contributed by atoms with Crippen LogP contribution in [-0.4, -0.2) is 29.9 Å². The van der Waals surface area contributed by atoms with Crippen molar-refractivity contribution in [1.82, 2.24) is 10.8 Å². The molecule has 0 atom stereocenters. The molecule has 0 radical (unpaired) electrons. The van der Waals surface area contributed by atoms with Gasteiger partial charge in [-0.05, 0) is 36.6 Å². The first-order valence-corrected chi connectivity index (χ1v) is 7.55. The fraction of sp³-hybridized carbons (Fsp3) is 0.375. The summed E-state index contributed by atoms with van der Waals surface area (Å²) in [7, 11) is 0. The van der Waals surface area contributed by atoms with Crippen molar-refractivity contribution < 1.29 is 32.7 Å². The molecule has 9 heteroatoms. The van der Waals surface area contributed by atoms with Crippen molar-refractivity contribution in [2.45, 2.75) is 32.0 Å². The summed E-state index contributed by atoms with van der Waals surface area (Å²) in [6.45, 7) is 0.404. The van der Waals surface area contributed by atoms with Gasteiger partial charge < -0.3 is 10.1 Å². The normalized spacial score (nSPS) is 11.4. The molecule has 6 nitrogen and oxygen atoms in total. The second-order valence-electron chi connectivity index (χ2n) is 5.09. The van der Waals surface area contributed by atoms with Gasteiger partial charge in [0.15, 0.2) is 0 Å². The quantitative estimate of drug-likeness (QED) is 0.273. The maximum atomic E-state index is 12.1. The van der Waals surface area contributed by atoms with Crippen molar-refractivity contribution in [3.05, 3.63) is 35.9 Å². The highest BCUT2D eigenvalue weighted by Gasteiger charge is 2.30. The van der Waals surface area contributed by atoms with Gasteiger partial charge in [-0.2, -0.15) is 0 Å². The first kappa shape index (κ1) is 20.5. The fourth-order valence-electron chi connectivity index (χ4n) is 1.90. The number of hydrogen-bond donors (Lipinski definition) is 3. The molecule has 0 bridgehead atoms. The summed E-state index contributed by atoms with van der Waals surface area (Å²) >= 11 is 0. The SMILES string of the molecule is O=C(/C=C/c1cccc(OC(F)(F)F)c1)NCCCCCC(=O)NO. The van der Waals surface area contributed by atoms with Crippen molar-refractivity contribution in [3.8, 4) is 5.75 Å². The minimum atomic E-state index is -4.77. The number of carbonyl (C=O) groups is 2. The lowest BCUT2D eigenvalue weighted by Crippen LogP contribution is -2.22. The van der Waals surface area contributed by atoms with Crippen LogP contribution in [-0.2, 0) is 9.59 Å². The number of amides is 2. The van der Waals surface area contributed by atoms with E-state index in [9.17, 15) is 22.8 Å². The number of rotatable bonds is 9. The molecular weight excluding hydrogens is 341 g/mol. The van der Waals surface area contributed by atoms with Gasteiger partial charge in [-0.15, -0.1) is 13.2 Å². The van der Waals surface area contributed by atoms with Gasteiger partial charge in [-0.3, -0.25) is 14.8 Å². The lowest BCUT2D eigenvalue weighted by molar-refractivity contribution is -0.274. The highest BCUT2D eigenvalue weighted by Crippen LogP contribution is 2.23. The van der Waals surface area contributed by atoms with E-state index in [0.717, 1.165) is 0 Å². The Morgan fingerprint density at radius 1 is 1.20 bits per heavy atom. The molecule has 138 valence electrons. The number of hydroxylamine groups is 1. The number of halogens is 3. The minimum absolute atomic E-state index is 0.209. The van der Waals surface area contributed by atoms with Crippen molar-refractivity contribution in [2.24, 2.45) is 0 Å². The summed E-state index contributed by atoms with van der Waals surface area (Å²) in [5.41, 5.74) is 1.93. The predicted octanol–water partition coefficient (Wildman–Crippen LogP) is 2.78. The van der Waals surface area contributed by atoms with Gasteiger partial charge in [0.25, 0.3) is 0 Å². The van der Waals surface area contributed by atoms with Crippen LogP contribution in [0.15, 0.2) is 30.3 Å². The maximum absolute atomic E-state index is 12.1. The number of carbonyl (C=O) groups excluding carboxylic acids is 2. The second kappa shape index (κ2) is 10.3. The molecule has 2 amide bonds. The fourth-order valence-corrected chi connectivity index (χ4v) is 1.90. The van der Waals surface area contributed by atoms with Crippen LogP contribution in [0.5, 0.6) is 5.75 Å². The van der Waals surface area contributed by atoms with E-state index in [0.29, 0.717) is 31.4 Å². The monoisotopic (exact) mass is 360 g/mol. The van der Waals surface area contributed by atoms with E-state index in [1.807, 2.05) is 0 Å². The smallest absolute Gasteiger partial charge is 0.406 e. The van der Waals surface area contributed by atoms with Gasteiger partial charge in [-0.1, -0.05) is 18.6 Å². The van der Waals surface area contributed by atoms with Gasteiger partial charge in [0, 0.05) is 19.0 Å². The number of benzene rings is 1. The Morgan fingerprint density at radius 2 is 1.96 bits per heavy atom. The van der Waals surface area contributed by atoms with E-state index < -0.39 is 12.3 Å². The van der Waals surface area contributed by atoms with Gasteiger partial charge in [0.05, 0.1) is 0 Å².